The van der Waals surface area contributed by atoms with Crippen LogP contribution in [0.3, 0.4) is 0 Å². The molecule has 0 atom stereocenters. The van der Waals surface area contributed by atoms with Gasteiger partial charge in [0.15, 0.2) is 0 Å². The fourth-order valence-corrected chi connectivity index (χ4v) is 2.31. The van der Waals surface area contributed by atoms with Gasteiger partial charge in [0, 0.05) is 12.7 Å². The van der Waals surface area contributed by atoms with Gasteiger partial charge in [-0.25, -0.2) is 4.90 Å². The first-order valence-corrected chi connectivity index (χ1v) is 6.27. The summed E-state index contributed by atoms with van der Waals surface area (Å²) in [6.07, 6.45) is 1.51. The lowest BCUT2D eigenvalue weighted by Gasteiger charge is -2.17. The normalized spacial score (nSPS) is 13.8. The fraction of sp³-hybridized carbons (Fsp3) is 0.133. The van der Waals surface area contributed by atoms with Crippen LogP contribution in [-0.2, 0) is 6.54 Å². The molecular formula is C15H13N3O2. The van der Waals surface area contributed by atoms with Gasteiger partial charge in [-0.1, -0.05) is 12.1 Å². The lowest BCUT2D eigenvalue weighted by atomic mass is 10.1. The van der Waals surface area contributed by atoms with E-state index in [1.165, 1.54) is 11.1 Å². The van der Waals surface area contributed by atoms with E-state index in [1.807, 2.05) is 19.1 Å². The highest BCUT2D eigenvalue weighted by molar-refractivity contribution is 6.33. The van der Waals surface area contributed by atoms with Crippen molar-refractivity contribution in [3.63, 3.8) is 0 Å². The summed E-state index contributed by atoms with van der Waals surface area (Å²) in [4.78, 5) is 29.9. The highest BCUT2D eigenvalue weighted by Gasteiger charge is 2.38. The van der Waals surface area contributed by atoms with Crippen LogP contribution in [0.2, 0.25) is 0 Å². The largest absolute Gasteiger partial charge is 0.326 e. The number of nitrogens with two attached hydrogens (primary N) is 1. The smallest absolute Gasteiger partial charge is 0.284 e. The molecule has 0 saturated carbocycles. The number of amides is 2. The molecule has 2 amide bonds. The summed E-state index contributed by atoms with van der Waals surface area (Å²) in [5.41, 5.74) is 8.45. The van der Waals surface area contributed by atoms with Crippen molar-refractivity contribution in [2.24, 2.45) is 5.73 Å². The minimum absolute atomic E-state index is 0.204. The van der Waals surface area contributed by atoms with E-state index >= 15 is 0 Å². The topological polar surface area (TPSA) is 76.3 Å². The van der Waals surface area contributed by atoms with Crippen molar-refractivity contribution in [3.8, 4) is 0 Å². The number of benzene rings is 1. The van der Waals surface area contributed by atoms with Crippen LogP contribution < -0.4 is 10.6 Å². The standard InChI is InChI=1S/C15H13N3O2/c1-9-4-5-10(8-16)7-12(9)18-14(19)11-3-2-6-17-13(11)15(18)20/h2-7H,8,16H2,1H3. The molecule has 20 heavy (non-hydrogen) atoms. The van der Waals surface area contributed by atoms with Crippen LogP contribution in [0.1, 0.15) is 32.0 Å². The monoisotopic (exact) mass is 267 g/mol. The van der Waals surface area contributed by atoms with Crippen LogP contribution in [-0.4, -0.2) is 16.8 Å². The second-order valence-electron chi connectivity index (χ2n) is 4.67. The first-order chi connectivity index (χ1) is 9.63. The number of hydrogen-bond acceptors (Lipinski definition) is 4. The van der Waals surface area contributed by atoms with Crippen LogP contribution in [0.5, 0.6) is 0 Å². The van der Waals surface area contributed by atoms with E-state index in [1.54, 1.807) is 18.2 Å². The number of nitrogens with zero attached hydrogens (tertiary/aromatic N) is 2. The van der Waals surface area contributed by atoms with Crippen molar-refractivity contribution in [2.75, 3.05) is 4.90 Å². The first kappa shape index (κ1) is 12.5. The predicted molar refractivity (Wildman–Crippen MR) is 74.4 cm³/mol. The molecule has 0 fully saturated rings. The molecule has 2 aromatic rings. The number of pyridine rings is 1. The lowest BCUT2D eigenvalue weighted by molar-refractivity contribution is 0.0924. The van der Waals surface area contributed by atoms with E-state index < -0.39 is 0 Å². The van der Waals surface area contributed by atoms with E-state index in [-0.39, 0.29) is 17.5 Å². The average molecular weight is 267 g/mol. The Labute approximate surface area is 116 Å². The van der Waals surface area contributed by atoms with Gasteiger partial charge in [0.25, 0.3) is 11.8 Å². The number of hydrogen-bond donors (Lipinski definition) is 1. The lowest BCUT2D eigenvalue weighted by Crippen LogP contribution is -2.30. The zero-order chi connectivity index (χ0) is 14.3. The van der Waals surface area contributed by atoms with E-state index in [0.29, 0.717) is 17.8 Å². The van der Waals surface area contributed by atoms with E-state index in [2.05, 4.69) is 4.98 Å². The molecule has 0 aliphatic carbocycles. The zero-order valence-corrected chi connectivity index (χ0v) is 11.0. The van der Waals surface area contributed by atoms with Gasteiger partial charge in [-0.15, -0.1) is 0 Å². The Balaban J connectivity index is 2.14. The van der Waals surface area contributed by atoms with Crippen molar-refractivity contribution in [1.82, 2.24) is 4.98 Å². The molecule has 0 saturated heterocycles. The molecule has 1 aromatic heterocycles. The third-order valence-electron chi connectivity index (χ3n) is 3.40. The van der Waals surface area contributed by atoms with Crippen LogP contribution in [0.4, 0.5) is 5.69 Å². The highest BCUT2D eigenvalue weighted by Crippen LogP contribution is 2.30. The molecule has 2 N–H and O–H groups in total. The Morgan fingerprint density at radius 2 is 2.00 bits per heavy atom. The van der Waals surface area contributed by atoms with Crippen LogP contribution in [0.15, 0.2) is 36.5 Å². The predicted octanol–water partition coefficient (Wildman–Crippen LogP) is 1.65. The highest BCUT2D eigenvalue weighted by atomic mass is 16.2. The van der Waals surface area contributed by atoms with E-state index in [0.717, 1.165) is 11.1 Å². The number of carbonyl (C=O) groups excluding carboxylic acids is 2. The van der Waals surface area contributed by atoms with Gasteiger partial charge in [-0.2, -0.15) is 0 Å². The Bertz CT molecular complexity index is 690. The Morgan fingerprint density at radius 3 is 2.70 bits per heavy atom. The van der Waals surface area contributed by atoms with Gasteiger partial charge in [0.05, 0.1) is 11.3 Å². The number of imide groups is 1. The molecule has 0 radical (unpaired) electrons. The van der Waals surface area contributed by atoms with Crippen molar-refractivity contribution < 1.29 is 9.59 Å². The number of fused-ring (bicyclic) bond motifs is 1. The van der Waals surface area contributed by atoms with Gasteiger partial charge < -0.3 is 5.73 Å². The minimum atomic E-state index is -0.386. The summed E-state index contributed by atoms with van der Waals surface area (Å²) in [6.45, 7) is 2.21. The number of aryl methyl sites for hydroxylation is 1. The van der Waals surface area contributed by atoms with Crippen LogP contribution in [0.25, 0.3) is 0 Å². The quantitative estimate of drug-likeness (QED) is 0.839. The van der Waals surface area contributed by atoms with Crippen molar-refractivity contribution in [3.05, 3.63) is 58.9 Å². The van der Waals surface area contributed by atoms with Gasteiger partial charge in [0.1, 0.15) is 5.69 Å². The maximum Gasteiger partial charge on any atom is 0.284 e. The molecule has 2 heterocycles. The molecule has 5 heteroatoms. The Kier molecular flexibility index (Phi) is 2.84. The van der Waals surface area contributed by atoms with Gasteiger partial charge >= 0.3 is 0 Å². The first-order valence-electron chi connectivity index (χ1n) is 6.27. The Morgan fingerprint density at radius 1 is 1.20 bits per heavy atom. The average Bonchev–Trinajstić information content (AvgIpc) is 2.72. The third kappa shape index (κ3) is 1.71. The summed E-state index contributed by atoms with van der Waals surface area (Å²) in [7, 11) is 0. The number of aromatic nitrogens is 1. The van der Waals surface area contributed by atoms with Crippen LogP contribution in [0, 0.1) is 6.92 Å². The van der Waals surface area contributed by atoms with Gasteiger partial charge in [-0.05, 0) is 36.2 Å². The van der Waals surface area contributed by atoms with Crippen LogP contribution >= 0.6 is 0 Å². The molecule has 1 aliphatic heterocycles. The summed E-state index contributed by atoms with van der Waals surface area (Å²) in [6, 6.07) is 8.78. The molecule has 0 unspecified atom stereocenters. The molecule has 1 aromatic carbocycles. The number of carbonyl (C=O) groups is 2. The number of anilines is 1. The molecule has 0 spiro atoms. The second kappa shape index (κ2) is 4.54. The molecule has 100 valence electrons. The molecule has 5 nitrogen and oxygen atoms in total. The Hall–Kier alpha value is -2.53. The summed E-state index contributed by atoms with van der Waals surface area (Å²) < 4.78 is 0. The summed E-state index contributed by atoms with van der Waals surface area (Å²) in [5, 5.41) is 0. The maximum atomic E-state index is 12.4. The second-order valence-corrected chi connectivity index (χ2v) is 4.67. The molecular weight excluding hydrogens is 254 g/mol. The third-order valence-corrected chi connectivity index (χ3v) is 3.40. The summed E-state index contributed by atoms with van der Waals surface area (Å²) in [5.74, 6) is -0.724. The van der Waals surface area contributed by atoms with E-state index in [9.17, 15) is 9.59 Å². The summed E-state index contributed by atoms with van der Waals surface area (Å²) >= 11 is 0. The van der Waals surface area contributed by atoms with Crippen molar-refractivity contribution in [1.29, 1.82) is 0 Å². The SMILES string of the molecule is Cc1ccc(CN)cc1N1C(=O)c2cccnc2C1=O. The minimum Gasteiger partial charge on any atom is -0.326 e. The van der Waals surface area contributed by atoms with E-state index in [4.69, 9.17) is 5.73 Å². The fourth-order valence-electron chi connectivity index (χ4n) is 2.31. The van der Waals surface area contributed by atoms with Gasteiger partial charge in [0.2, 0.25) is 0 Å². The number of rotatable bonds is 2. The zero-order valence-electron chi connectivity index (χ0n) is 11.0. The molecule has 3 rings (SSSR count). The van der Waals surface area contributed by atoms with Crippen molar-refractivity contribution >= 4 is 17.5 Å². The van der Waals surface area contributed by atoms with Crippen molar-refractivity contribution in [2.45, 2.75) is 13.5 Å². The van der Waals surface area contributed by atoms with Gasteiger partial charge in [-0.3, -0.25) is 14.6 Å². The molecule has 1 aliphatic rings. The maximum absolute atomic E-state index is 12.4. The molecule has 0 bridgehead atoms.